The minimum absolute atomic E-state index is 0.0188. The van der Waals surface area contributed by atoms with Gasteiger partial charge in [-0.2, -0.15) is 0 Å². The molecule has 1 aliphatic heterocycles. The molecule has 178 valence electrons. The molecule has 1 saturated heterocycles. The van der Waals surface area contributed by atoms with Gasteiger partial charge in [-0.3, -0.25) is 4.79 Å². The third-order valence-electron chi connectivity index (χ3n) is 6.31. The topological polar surface area (TPSA) is 73.9 Å². The van der Waals surface area contributed by atoms with Crippen LogP contribution in [0.1, 0.15) is 67.6 Å². The van der Waals surface area contributed by atoms with Crippen molar-refractivity contribution in [2.24, 2.45) is 5.92 Å². The Morgan fingerprint density at radius 3 is 2.39 bits per heavy atom. The van der Waals surface area contributed by atoms with E-state index in [1.165, 1.54) is 7.11 Å². The quantitative estimate of drug-likeness (QED) is 0.551. The van der Waals surface area contributed by atoms with Crippen molar-refractivity contribution in [2.45, 2.75) is 51.5 Å². The van der Waals surface area contributed by atoms with E-state index in [9.17, 15) is 9.59 Å². The van der Waals surface area contributed by atoms with Gasteiger partial charge in [-0.1, -0.05) is 38.1 Å². The van der Waals surface area contributed by atoms with Gasteiger partial charge in [-0.15, -0.1) is 0 Å². The maximum absolute atomic E-state index is 13.7. The van der Waals surface area contributed by atoms with Gasteiger partial charge in [-0.05, 0) is 67.5 Å². The molecule has 1 fully saturated rings. The first-order chi connectivity index (χ1) is 15.9. The Kier molecular flexibility index (Phi) is 8.50. The van der Waals surface area contributed by atoms with E-state index >= 15 is 0 Å². The van der Waals surface area contributed by atoms with E-state index in [1.54, 1.807) is 12.1 Å². The van der Waals surface area contributed by atoms with Gasteiger partial charge in [0.2, 0.25) is 5.91 Å². The predicted molar refractivity (Wildman–Crippen MR) is 127 cm³/mol. The highest BCUT2D eigenvalue weighted by molar-refractivity contribution is 5.90. The van der Waals surface area contributed by atoms with Gasteiger partial charge in [0, 0.05) is 13.2 Å². The van der Waals surface area contributed by atoms with E-state index in [4.69, 9.17) is 14.2 Å². The normalized spacial score (nSPS) is 16.2. The van der Waals surface area contributed by atoms with E-state index in [1.807, 2.05) is 43.3 Å². The highest BCUT2D eigenvalue weighted by Crippen LogP contribution is 2.37. The Morgan fingerprint density at radius 2 is 1.76 bits per heavy atom. The molecule has 0 unspecified atom stereocenters. The number of rotatable bonds is 9. The van der Waals surface area contributed by atoms with Gasteiger partial charge in [0.15, 0.2) is 0 Å². The minimum Gasteiger partial charge on any atom is -0.494 e. The molecule has 0 saturated carbocycles. The fourth-order valence-electron chi connectivity index (χ4n) is 4.11. The molecular weight excluding hydrogens is 418 g/mol. The Bertz CT molecular complexity index is 932. The van der Waals surface area contributed by atoms with Gasteiger partial charge in [0.25, 0.3) is 0 Å². The van der Waals surface area contributed by atoms with Crippen molar-refractivity contribution in [2.75, 3.05) is 26.9 Å². The summed E-state index contributed by atoms with van der Waals surface area (Å²) in [6.45, 7) is 8.02. The standard InChI is InChI=1S/C27H35NO5/c1-19(2)12-15-33-24-7-5-6-23(18-24)27(13-16-32-17-14-27)26(30)28-20(3)21-8-10-22(11-9-21)25(29)31-4/h5-11,18-20H,12-17H2,1-4H3,(H,28,30)/t20-/m0/s1. The van der Waals surface area contributed by atoms with Crippen LogP contribution in [0.5, 0.6) is 5.75 Å². The van der Waals surface area contributed by atoms with Crippen LogP contribution in [0.15, 0.2) is 48.5 Å². The number of amides is 1. The van der Waals surface area contributed by atoms with Crippen LogP contribution in [0.4, 0.5) is 0 Å². The van der Waals surface area contributed by atoms with E-state index in [2.05, 4.69) is 19.2 Å². The van der Waals surface area contributed by atoms with Crippen LogP contribution in [-0.2, 0) is 19.7 Å². The zero-order valence-corrected chi connectivity index (χ0v) is 20.1. The fourth-order valence-corrected chi connectivity index (χ4v) is 4.11. The number of carbonyl (C=O) groups is 2. The van der Waals surface area contributed by atoms with Gasteiger partial charge < -0.3 is 19.5 Å². The van der Waals surface area contributed by atoms with Crippen molar-refractivity contribution in [3.8, 4) is 5.75 Å². The van der Waals surface area contributed by atoms with Crippen LogP contribution in [0.3, 0.4) is 0 Å². The van der Waals surface area contributed by atoms with E-state index in [0.717, 1.165) is 23.3 Å². The second-order valence-corrected chi connectivity index (χ2v) is 9.06. The molecule has 33 heavy (non-hydrogen) atoms. The summed E-state index contributed by atoms with van der Waals surface area (Å²) in [5.41, 5.74) is 1.69. The number of methoxy groups -OCH3 is 1. The second kappa shape index (κ2) is 11.3. The highest BCUT2D eigenvalue weighted by atomic mass is 16.5. The summed E-state index contributed by atoms with van der Waals surface area (Å²) in [5.74, 6) is 0.965. The summed E-state index contributed by atoms with van der Waals surface area (Å²) < 4.78 is 16.3. The highest BCUT2D eigenvalue weighted by Gasteiger charge is 2.42. The summed E-state index contributed by atoms with van der Waals surface area (Å²) >= 11 is 0. The van der Waals surface area contributed by atoms with Crippen molar-refractivity contribution in [3.05, 3.63) is 65.2 Å². The lowest BCUT2D eigenvalue weighted by Crippen LogP contribution is -2.48. The lowest BCUT2D eigenvalue weighted by atomic mass is 9.73. The molecule has 0 bridgehead atoms. The lowest BCUT2D eigenvalue weighted by Gasteiger charge is -2.37. The molecule has 3 rings (SSSR count). The largest absolute Gasteiger partial charge is 0.494 e. The van der Waals surface area contributed by atoms with Crippen LogP contribution >= 0.6 is 0 Å². The molecule has 0 aliphatic carbocycles. The number of carbonyl (C=O) groups excluding carboxylic acids is 2. The first-order valence-corrected chi connectivity index (χ1v) is 11.7. The molecule has 0 aromatic heterocycles. The van der Waals surface area contributed by atoms with Crippen LogP contribution in [0, 0.1) is 5.92 Å². The second-order valence-electron chi connectivity index (χ2n) is 9.06. The van der Waals surface area contributed by atoms with Crippen molar-refractivity contribution in [3.63, 3.8) is 0 Å². The Balaban J connectivity index is 1.78. The van der Waals surface area contributed by atoms with Crippen molar-refractivity contribution >= 4 is 11.9 Å². The van der Waals surface area contributed by atoms with E-state index < -0.39 is 5.41 Å². The van der Waals surface area contributed by atoms with Crippen LogP contribution < -0.4 is 10.1 Å². The van der Waals surface area contributed by atoms with E-state index in [-0.39, 0.29) is 17.9 Å². The molecule has 1 atom stereocenters. The Morgan fingerprint density at radius 1 is 1.06 bits per heavy atom. The number of hydrogen-bond acceptors (Lipinski definition) is 5. The summed E-state index contributed by atoms with van der Waals surface area (Å²) in [6.07, 6.45) is 2.21. The molecule has 6 nitrogen and oxygen atoms in total. The summed E-state index contributed by atoms with van der Waals surface area (Å²) in [4.78, 5) is 25.3. The van der Waals surface area contributed by atoms with E-state index in [0.29, 0.717) is 44.1 Å². The molecule has 0 radical (unpaired) electrons. The summed E-state index contributed by atoms with van der Waals surface area (Å²) in [7, 11) is 1.36. The third-order valence-corrected chi connectivity index (χ3v) is 6.31. The number of esters is 1. The zero-order chi connectivity index (χ0) is 23.8. The molecule has 2 aromatic rings. The zero-order valence-electron chi connectivity index (χ0n) is 20.1. The molecule has 1 heterocycles. The molecule has 6 heteroatoms. The van der Waals surface area contributed by atoms with Gasteiger partial charge in [-0.25, -0.2) is 4.79 Å². The fraction of sp³-hybridized carbons (Fsp3) is 0.481. The first kappa shape index (κ1) is 24.8. The number of benzene rings is 2. The minimum atomic E-state index is -0.671. The lowest BCUT2D eigenvalue weighted by molar-refractivity contribution is -0.131. The third kappa shape index (κ3) is 6.14. The maximum Gasteiger partial charge on any atom is 0.337 e. The average molecular weight is 454 g/mol. The first-order valence-electron chi connectivity index (χ1n) is 11.7. The Hall–Kier alpha value is -2.86. The van der Waals surface area contributed by atoms with Crippen molar-refractivity contribution in [1.29, 1.82) is 0 Å². The molecule has 1 aliphatic rings. The molecule has 2 aromatic carbocycles. The molecule has 1 N–H and O–H groups in total. The van der Waals surface area contributed by atoms with Crippen LogP contribution in [0.25, 0.3) is 0 Å². The monoisotopic (exact) mass is 453 g/mol. The van der Waals surface area contributed by atoms with Gasteiger partial charge in [0.05, 0.1) is 30.7 Å². The summed E-state index contributed by atoms with van der Waals surface area (Å²) in [6, 6.07) is 14.8. The molecular formula is C27H35NO5. The predicted octanol–water partition coefficient (Wildman–Crippen LogP) is 4.82. The van der Waals surface area contributed by atoms with Crippen LogP contribution in [-0.4, -0.2) is 38.8 Å². The molecule has 1 amide bonds. The molecule has 0 spiro atoms. The van der Waals surface area contributed by atoms with Crippen LogP contribution in [0.2, 0.25) is 0 Å². The number of ether oxygens (including phenoxy) is 3. The number of hydrogen-bond donors (Lipinski definition) is 1. The van der Waals surface area contributed by atoms with Gasteiger partial charge in [0.1, 0.15) is 5.75 Å². The number of nitrogens with one attached hydrogen (secondary N) is 1. The van der Waals surface area contributed by atoms with Crippen molar-refractivity contribution < 1.29 is 23.8 Å². The van der Waals surface area contributed by atoms with Crippen molar-refractivity contribution in [1.82, 2.24) is 5.32 Å². The van der Waals surface area contributed by atoms with Gasteiger partial charge >= 0.3 is 5.97 Å². The SMILES string of the molecule is COC(=O)c1ccc([C@H](C)NC(=O)C2(c3cccc(OCCC(C)C)c3)CCOCC2)cc1. The Labute approximate surface area is 196 Å². The summed E-state index contributed by atoms with van der Waals surface area (Å²) in [5, 5.41) is 3.19. The maximum atomic E-state index is 13.7. The average Bonchev–Trinajstić information content (AvgIpc) is 2.84. The smallest absolute Gasteiger partial charge is 0.337 e.